The average Bonchev–Trinajstić information content (AvgIpc) is 3.35. The fourth-order valence-corrected chi connectivity index (χ4v) is 6.21. The number of hydrogen-bond donors (Lipinski definition) is 2. The van der Waals surface area contributed by atoms with Gasteiger partial charge in [-0.1, -0.05) is 26.0 Å². The predicted molar refractivity (Wildman–Crippen MR) is 168 cm³/mol. The molecule has 2 amide bonds. The first-order valence-corrected chi connectivity index (χ1v) is 14.6. The second-order valence-electron chi connectivity index (χ2n) is 12.4. The minimum atomic E-state index is -0.598. The van der Waals surface area contributed by atoms with Gasteiger partial charge in [0.25, 0.3) is 0 Å². The molecule has 10 nitrogen and oxygen atoms in total. The molecular weight excluding hydrogens is 528 g/mol. The van der Waals surface area contributed by atoms with Crippen LogP contribution in [-0.4, -0.2) is 91.0 Å². The van der Waals surface area contributed by atoms with Crippen LogP contribution in [0.25, 0.3) is 11.3 Å². The van der Waals surface area contributed by atoms with Crippen molar-refractivity contribution in [1.82, 2.24) is 19.8 Å². The minimum absolute atomic E-state index is 0.0898. The highest BCUT2D eigenvalue weighted by molar-refractivity contribution is 6.03. The van der Waals surface area contributed by atoms with Crippen molar-refractivity contribution in [2.24, 2.45) is 11.1 Å². The molecule has 1 atom stereocenters. The summed E-state index contributed by atoms with van der Waals surface area (Å²) in [6, 6.07) is 17.1. The highest BCUT2D eigenvalue weighted by Gasteiger charge is 2.35. The highest BCUT2D eigenvalue weighted by atomic mass is 16.2. The number of amides is 2. The molecule has 2 aliphatic heterocycles. The largest absolute Gasteiger partial charge is 0.369 e. The van der Waals surface area contributed by atoms with Crippen LogP contribution in [0.5, 0.6) is 0 Å². The van der Waals surface area contributed by atoms with Crippen molar-refractivity contribution in [3.63, 3.8) is 0 Å². The Morgan fingerprint density at radius 2 is 1.67 bits per heavy atom. The summed E-state index contributed by atoms with van der Waals surface area (Å²) in [6.45, 7) is 11.1. The van der Waals surface area contributed by atoms with Crippen LogP contribution in [0, 0.1) is 5.41 Å². The summed E-state index contributed by atoms with van der Waals surface area (Å²) in [5.74, 6) is -0.0721. The molecule has 3 aromatic rings. The first-order valence-electron chi connectivity index (χ1n) is 14.6. The zero-order chi connectivity index (χ0) is 29.9. The lowest BCUT2D eigenvalue weighted by Gasteiger charge is -2.40. The molecule has 2 aromatic carbocycles. The lowest BCUT2D eigenvalue weighted by molar-refractivity contribution is -0.121. The Kier molecular flexibility index (Phi) is 8.74. The lowest BCUT2D eigenvalue weighted by atomic mass is 9.92. The minimum Gasteiger partial charge on any atom is -0.369 e. The van der Waals surface area contributed by atoms with Gasteiger partial charge in [-0.25, -0.2) is 9.97 Å². The molecule has 3 heterocycles. The van der Waals surface area contributed by atoms with Crippen molar-refractivity contribution in [1.29, 1.82) is 0 Å². The summed E-state index contributed by atoms with van der Waals surface area (Å²) in [5, 5.41) is 3.32. The number of nitrogens with two attached hydrogens (primary N) is 1. The molecule has 2 saturated heterocycles. The van der Waals surface area contributed by atoms with Gasteiger partial charge in [0, 0.05) is 74.5 Å². The fraction of sp³-hybridized carbons (Fsp3) is 0.438. The standard InChI is InChI=1S/C32H42N8O2/c1-32(2,21-37(3)4)22-38-17-19-39(20-18-38)25-11-7-24(8-12-25)35-31-34-16-15-27(36-31)23-5-9-26(10-6-23)40-28(30(33)42)13-14-29(40)41/h5-12,15-16,28H,13-14,17-22H2,1-4H3,(H2,33,42)(H,34,35,36)/t28-/m0/s1. The van der Waals surface area contributed by atoms with E-state index in [0.29, 0.717) is 24.5 Å². The van der Waals surface area contributed by atoms with E-state index >= 15 is 0 Å². The highest BCUT2D eigenvalue weighted by Crippen LogP contribution is 2.29. The fourth-order valence-electron chi connectivity index (χ4n) is 6.21. The van der Waals surface area contributed by atoms with Crippen LogP contribution in [-0.2, 0) is 9.59 Å². The van der Waals surface area contributed by atoms with Crippen LogP contribution < -0.4 is 20.9 Å². The molecular formula is C32H42N8O2. The van der Waals surface area contributed by atoms with E-state index < -0.39 is 11.9 Å². The van der Waals surface area contributed by atoms with E-state index in [1.807, 2.05) is 30.3 Å². The summed E-state index contributed by atoms with van der Waals surface area (Å²) in [7, 11) is 4.28. The summed E-state index contributed by atoms with van der Waals surface area (Å²) in [6.07, 6.45) is 2.49. The van der Waals surface area contributed by atoms with Gasteiger partial charge in [-0.15, -0.1) is 0 Å². The van der Waals surface area contributed by atoms with E-state index in [1.165, 1.54) is 10.6 Å². The van der Waals surface area contributed by atoms with Crippen molar-refractivity contribution in [3.8, 4) is 11.3 Å². The van der Waals surface area contributed by atoms with Crippen LogP contribution in [0.15, 0.2) is 60.8 Å². The van der Waals surface area contributed by atoms with Crippen molar-refractivity contribution < 1.29 is 9.59 Å². The third kappa shape index (κ3) is 7.06. The van der Waals surface area contributed by atoms with Crippen molar-refractivity contribution in [2.45, 2.75) is 32.7 Å². The molecule has 42 heavy (non-hydrogen) atoms. The third-order valence-corrected chi connectivity index (χ3v) is 7.89. The van der Waals surface area contributed by atoms with Crippen molar-refractivity contribution >= 4 is 34.8 Å². The number of piperazine rings is 1. The van der Waals surface area contributed by atoms with E-state index in [4.69, 9.17) is 10.7 Å². The van der Waals surface area contributed by atoms with E-state index in [-0.39, 0.29) is 11.3 Å². The van der Waals surface area contributed by atoms with Gasteiger partial charge in [-0.3, -0.25) is 19.4 Å². The van der Waals surface area contributed by atoms with Crippen LogP contribution in [0.2, 0.25) is 0 Å². The number of anilines is 4. The summed E-state index contributed by atoms with van der Waals surface area (Å²) in [5.41, 5.74) is 10.2. The number of benzene rings is 2. The lowest BCUT2D eigenvalue weighted by Crippen LogP contribution is -2.50. The summed E-state index contributed by atoms with van der Waals surface area (Å²) < 4.78 is 0. The molecule has 0 unspecified atom stereocenters. The molecule has 0 bridgehead atoms. The number of aromatic nitrogens is 2. The normalized spacial score (nSPS) is 18.1. The molecule has 0 saturated carbocycles. The van der Waals surface area contributed by atoms with Gasteiger partial charge in [0.15, 0.2) is 0 Å². The monoisotopic (exact) mass is 570 g/mol. The van der Waals surface area contributed by atoms with Crippen molar-refractivity contribution in [2.75, 3.05) is 68.5 Å². The number of rotatable bonds is 10. The summed E-state index contributed by atoms with van der Waals surface area (Å²) in [4.78, 5) is 42.0. The molecule has 0 aliphatic carbocycles. The van der Waals surface area contributed by atoms with E-state index in [0.717, 1.165) is 56.2 Å². The Labute approximate surface area is 248 Å². The van der Waals surface area contributed by atoms with Crippen LogP contribution >= 0.6 is 0 Å². The Morgan fingerprint density at radius 1 is 1.00 bits per heavy atom. The topological polar surface area (TPSA) is 111 Å². The zero-order valence-corrected chi connectivity index (χ0v) is 25.1. The zero-order valence-electron chi connectivity index (χ0n) is 25.1. The maximum Gasteiger partial charge on any atom is 0.240 e. The smallest absolute Gasteiger partial charge is 0.240 e. The number of carbonyl (C=O) groups excluding carboxylic acids is 2. The van der Waals surface area contributed by atoms with Gasteiger partial charge < -0.3 is 20.9 Å². The maximum atomic E-state index is 12.3. The number of nitrogens with one attached hydrogen (secondary N) is 1. The third-order valence-electron chi connectivity index (χ3n) is 7.89. The van der Waals surface area contributed by atoms with E-state index in [2.05, 4.69) is 77.2 Å². The SMILES string of the molecule is CN(C)CC(C)(C)CN1CCN(c2ccc(Nc3nccc(-c4ccc(N5C(=O)CC[C@H]5C(N)=O)cc4)n3)cc2)CC1. The Morgan fingerprint density at radius 3 is 2.31 bits per heavy atom. The maximum absolute atomic E-state index is 12.3. The molecule has 5 rings (SSSR count). The average molecular weight is 571 g/mol. The molecule has 222 valence electrons. The molecule has 3 N–H and O–H groups in total. The quantitative estimate of drug-likeness (QED) is 0.381. The first-order chi connectivity index (χ1) is 20.1. The predicted octanol–water partition coefficient (Wildman–Crippen LogP) is 3.58. The van der Waals surface area contributed by atoms with Crippen molar-refractivity contribution in [3.05, 3.63) is 60.8 Å². The number of hydrogen-bond acceptors (Lipinski definition) is 8. The Balaban J connectivity index is 1.18. The molecule has 10 heteroatoms. The Bertz CT molecular complexity index is 1380. The van der Waals surface area contributed by atoms with E-state index in [1.54, 1.807) is 6.20 Å². The molecule has 2 aliphatic rings. The Hall–Kier alpha value is -4.02. The second-order valence-corrected chi connectivity index (χ2v) is 12.4. The van der Waals surface area contributed by atoms with Crippen LogP contribution in [0.1, 0.15) is 26.7 Å². The van der Waals surface area contributed by atoms with Gasteiger partial charge in [0.1, 0.15) is 6.04 Å². The first kappa shape index (κ1) is 29.5. The molecule has 0 radical (unpaired) electrons. The number of primary amides is 1. The van der Waals surface area contributed by atoms with Gasteiger partial charge in [0.2, 0.25) is 17.8 Å². The summed E-state index contributed by atoms with van der Waals surface area (Å²) >= 11 is 0. The van der Waals surface area contributed by atoms with Crippen LogP contribution in [0.3, 0.4) is 0 Å². The second kappa shape index (κ2) is 12.5. The van der Waals surface area contributed by atoms with Gasteiger partial charge in [-0.05, 0) is 68.4 Å². The molecule has 2 fully saturated rings. The van der Waals surface area contributed by atoms with E-state index in [9.17, 15) is 9.59 Å². The van der Waals surface area contributed by atoms with Gasteiger partial charge in [0.05, 0.1) is 5.69 Å². The van der Waals surface area contributed by atoms with Gasteiger partial charge in [-0.2, -0.15) is 0 Å². The number of carbonyl (C=O) groups is 2. The van der Waals surface area contributed by atoms with Crippen LogP contribution in [0.4, 0.5) is 23.0 Å². The molecule has 1 aromatic heterocycles. The van der Waals surface area contributed by atoms with Gasteiger partial charge >= 0.3 is 0 Å². The number of nitrogens with zero attached hydrogens (tertiary/aromatic N) is 6. The molecule has 0 spiro atoms.